The van der Waals surface area contributed by atoms with Gasteiger partial charge in [0.05, 0.1) is 0 Å². The zero-order valence-electron chi connectivity index (χ0n) is 10.1. The number of nitrogens with two attached hydrogens (primary N) is 1. The molecule has 0 aromatic rings. The van der Waals surface area contributed by atoms with Crippen molar-refractivity contribution < 1.29 is 22.8 Å². The summed E-state index contributed by atoms with van der Waals surface area (Å²) in [6.07, 6.45) is -4.88. The van der Waals surface area contributed by atoms with Crippen LogP contribution in [0.15, 0.2) is 0 Å². The Balaban J connectivity index is 4.72. The number of amides is 2. The number of carbonyl (C=O) groups is 2. The van der Waals surface area contributed by atoms with Gasteiger partial charge in [0, 0.05) is 14.1 Å². The van der Waals surface area contributed by atoms with E-state index in [9.17, 15) is 22.8 Å². The first-order chi connectivity index (χ1) is 7.41. The lowest BCUT2D eigenvalue weighted by atomic mass is 10.0. The average molecular weight is 255 g/mol. The molecule has 0 aromatic carbocycles. The second-order valence-electron chi connectivity index (χ2n) is 4.13. The lowest BCUT2D eigenvalue weighted by molar-refractivity contribution is -0.188. The summed E-state index contributed by atoms with van der Waals surface area (Å²) in [5, 5.41) is 1.93. The molecule has 2 amide bonds. The van der Waals surface area contributed by atoms with Gasteiger partial charge in [-0.2, -0.15) is 13.2 Å². The molecule has 0 spiro atoms. The van der Waals surface area contributed by atoms with Gasteiger partial charge >= 0.3 is 6.18 Å². The van der Waals surface area contributed by atoms with Crippen LogP contribution >= 0.6 is 0 Å². The van der Waals surface area contributed by atoms with Crippen LogP contribution in [0.1, 0.15) is 13.8 Å². The van der Waals surface area contributed by atoms with E-state index in [4.69, 9.17) is 5.73 Å². The van der Waals surface area contributed by atoms with Gasteiger partial charge in [0.2, 0.25) is 11.8 Å². The van der Waals surface area contributed by atoms with Crippen molar-refractivity contribution in [3.8, 4) is 0 Å². The molecule has 17 heavy (non-hydrogen) atoms. The number of alkyl halides is 3. The van der Waals surface area contributed by atoms with Crippen LogP contribution in [-0.4, -0.2) is 48.6 Å². The van der Waals surface area contributed by atoms with E-state index in [1.807, 2.05) is 5.32 Å². The molecule has 0 rings (SSSR count). The SMILES string of the molecule is CC(NC(=O)C(C)(N)C(F)(F)F)C(=O)N(C)C. The molecule has 2 atom stereocenters. The molecule has 5 nitrogen and oxygen atoms in total. The molecule has 100 valence electrons. The van der Waals surface area contributed by atoms with E-state index >= 15 is 0 Å². The first-order valence-corrected chi connectivity index (χ1v) is 4.79. The number of nitrogens with one attached hydrogen (secondary N) is 1. The molecule has 0 heterocycles. The Morgan fingerprint density at radius 1 is 1.29 bits per heavy atom. The second-order valence-corrected chi connectivity index (χ2v) is 4.13. The zero-order valence-corrected chi connectivity index (χ0v) is 10.1. The maximum atomic E-state index is 12.4. The number of nitrogens with zero attached hydrogens (tertiary/aromatic N) is 1. The van der Waals surface area contributed by atoms with Crippen molar-refractivity contribution in [1.29, 1.82) is 0 Å². The Bertz CT molecular complexity index is 313. The van der Waals surface area contributed by atoms with Crippen molar-refractivity contribution in [2.24, 2.45) is 5.73 Å². The smallest absolute Gasteiger partial charge is 0.347 e. The van der Waals surface area contributed by atoms with Crippen LogP contribution in [0, 0.1) is 0 Å². The van der Waals surface area contributed by atoms with Gasteiger partial charge in [-0.1, -0.05) is 0 Å². The molecule has 0 bridgehead atoms. The number of carbonyl (C=O) groups excluding carboxylic acids is 2. The molecule has 0 aromatic heterocycles. The van der Waals surface area contributed by atoms with Crippen molar-refractivity contribution in [2.45, 2.75) is 31.6 Å². The van der Waals surface area contributed by atoms with E-state index in [0.29, 0.717) is 6.92 Å². The number of rotatable bonds is 3. The lowest BCUT2D eigenvalue weighted by Crippen LogP contribution is -2.63. The lowest BCUT2D eigenvalue weighted by Gasteiger charge is -2.28. The maximum Gasteiger partial charge on any atom is 0.415 e. The van der Waals surface area contributed by atoms with Crippen molar-refractivity contribution >= 4 is 11.8 Å². The van der Waals surface area contributed by atoms with Gasteiger partial charge in [0.15, 0.2) is 5.54 Å². The molecular weight excluding hydrogens is 239 g/mol. The summed E-state index contributed by atoms with van der Waals surface area (Å²) in [7, 11) is 2.85. The second kappa shape index (κ2) is 4.91. The molecule has 0 fully saturated rings. The molecule has 0 aliphatic carbocycles. The van der Waals surface area contributed by atoms with Gasteiger partial charge in [0.1, 0.15) is 6.04 Å². The highest BCUT2D eigenvalue weighted by molar-refractivity contribution is 5.91. The highest BCUT2D eigenvalue weighted by Gasteiger charge is 2.54. The predicted molar refractivity (Wildman–Crippen MR) is 54.9 cm³/mol. The normalized spacial score (nSPS) is 16.9. The molecule has 0 saturated heterocycles. The van der Waals surface area contributed by atoms with E-state index in [1.165, 1.54) is 21.0 Å². The monoisotopic (exact) mass is 255 g/mol. The Kier molecular flexibility index (Phi) is 4.53. The number of hydrogen-bond acceptors (Lipinski definition) is 3. The molecule has 8 heteroatoms. The standard InChI is InChI=1S/C9H16F3N3O2/c1-5(6(16)15(3)4)14-7(17)8(2,13)9(10,11)12/h5H,13H2,1-4H3,(H,14,17). The maximum absolute atomic E-state index is 12.4. The quantitative estimate of drug-likeness (QED) is 0.737. The largest absolute Gasteiger partial charge is 0.415 e. The van der Waals surface area contributed by atoms with E-state index in [0.717, 1.165) is 4.90 Å². The van der Waals surface area contributed by atoms with Crippen LogP contribution in [0.3, 0.4) is 0 Å². The molecule has 0 saturated carbocycles. The Labute approximate surface area is 97.1 Å². The summed E-state index contributed by atoms with van der Waals surface area (Å²) in [5.74, 6) is -1.95. The van der Waals surface area contributed by atoms with E-state index in [1.54, 1.807) is 0 Å². The summed E-state index contributed by atoms with van der Waals surface area (Å²) in [6, 6.07) is -1.07. The first-order valence-electron chi connectivity index (χ1n) is 4.79. The molecule has 0 aliphatic rings. The third-order valence-electron chi connectivity index (χ3n) is 2.22. The Hall–Kier alpha value is -1.31. The van der Waals surface area contributed by atoms with Crippen LogP contribution in [0.4, 0.5) is 13.2 Å². The molecule has 2 unspecified atom stereocenters. The number of hydrogen-bond donors (Lipinski definition) is 2. The highest BCUT2D eigenvalue weighted by atomic mass is 19.4. The van der Waals surface area contributed by atoms with Gasteiger partial charge in [0.25, 0.3) is 0 Å². The Morgan fingerprint density at radius 2 is 1.71 bits per heavy atom. The first kappa shape index (κ1) is 15.7. The number of halogens is 3. The van der Waals surface area contributed by atoms with Gasteiger partial charge in [-0.3, -0.25) is 9.59 Å². The average Bonchev–Trinajstić information content (AvgIpc) is 2.14. The van der Waals surface area contributed by atoms with Crippen LogP contribution in [0.5, 0.6) is 0 Å². The summed E-state index contributed by atoms with van der Waals surface area (Å²) in [4.78, 5) is 23.8. The summed E-state index contributed by atoms with van der Waals surface area (Å²) < 4.78 is 37.2. The third kappa shape index (κ3) is 3.58. The van der Waals surface area contributed by atoms with E-state index in [-0.39, 0.29) is 0 Å². The molecule has 0 radical (unpaired) electrons. The van der Waals surface area contributed by atoms with Crippen molar-refractivity contribution in [3.63, 3.8) is 0 Å². The summed E-state index contributed by atoms with van der Waals surface area (Å²) in [6.45, 7) is 1.84. The van der Waals surface area contributed by atoms with Gasteiger partial charge in [-0.25, -0.2) is 0 Å². The minimum Gasteiger partial charge on any atom is -0.347 e. The minimum atomic E-state index is -4.88. The van der Waals surface area contributed by atoms with Gasteiger partial charge in [-0.05, 0) is 13.8 Å². The summed E-state index contributed by atoms with van der Waals surface area (Å²) in [5.41, 5.74) is 1.88. The summed E-state index contributed by atoms with van der Waals surface area (Å²) >= 11 is 0. The zero-order chi connectivity index (χ0) is 14.0. The fourth-order valence-corrected chi connectivity index (χ4v) is 0.924. The van der Waals surface area contributed by atoms with Crippen LogP contribution in [0.25, 0.3) is 0 Å². The van der Waals surface area contributed by atoms with Crippen LogP contribution in [-0.2, 0) is 9.59 Å². The minimum absolute atomic E-state index is 0.517. The van der Waals surface area contributed by atoms with Crippen molar-refractivity contribution in [1.82, 2.24) is 10.2 Å². The molecule has 0 aliphatic heterocycles. The fraction of sp³-hybridized carbons (Fsp3) is 0.778. The van der Waals surface area contributed by atoms with Crippen LogP contribution < -0.4 is 11.1 Å². The van der Waals surface area contributed by atoms with Crippen LogP contribution in [0.2, 0.25) is 0 Å². The third-order valence-corrected chi connectivity index (χ3v) is 2.22. The fourth-order valence-electron chi connectivity index (χ4n) is 0.924. The van der Waals surface area contributed by atoms with Gasteiger partial charge < -0.3 is 16.0 Å². The molecule has 3 N–H and O–H groups in total. The van der Waals surface area contributed by atoms with Crippen molar-refractivity contribution in [3.05, 3.63) is 0 Å². The Morgan fingerprint density at radius 3 is 2.00 bits per heavy atom. The molecular formula is C9H16F3N3O2. The van der Waals surface area contributed by atoms with E-state index < -0.39 is 29.6 Å². The predicted octanol–water partition coefficient (Wildman–Crippen LogP) is -0.141. The van der Waals surface area contributed by atoms with Crippen molar-refractivity contribution in [2.75, 3.05) is 14.1 Å². The van der Waals surface area contributed by atoms with Gasteiger partial charge in [-0.15, -0.1) is 0 Å². The number of likely N-dealkylation sites (N-methyl/N-ethyl adjacent to an activating group) is 1. The van der Waals surface area contributed by atoms with E-state index in [2.05, 4.69) is 0 Å². The highest BCUT2D eigenvalue weighted by Crippen LogP contribution is 2.27. The topological polar surface area (TPSA) is 75.4 Å².